The van der Waals surface area contributed by atoms with Gasteiger partial charge in [-0.3, -0.25) is 0 Å². The van der Waals surface area contributed by atoms with E-state index >= 15 is 0 Å². The van der Waals surface area contributed by atoms with Crippen LogP contribution in [0, 0.1) is 0 Å². The van der Waals surface area contributed by atoms with Gasteiger partial charge in [0, 0.05) is 12.1 Å². The van der Waals surface area contributed by atoms with Gasteiger partial charge < -0.3 is 14.5 Å². The topological polar surface area (TPSA) is 60.2 Å². The molecule has 0 bridgehead atoms. The summed E-state index contributed by atoms with van der Waals surface area (Å²) in [5.74, 6) is 1.80. The highest BCUT2D eigenvalue weighted by molar-refractivity contribution is 5.55. The number of aromatic nitrogens is 2. The molecule has 5 heteroatoms. The Morgan fingerprint density at radius 2 is 2.33 bits per heavy atom. The molecule has 18 heavy (non-hydrogen) atoms. The van der Waals surface area contributed by atoms with Gasteiger partial charge in [-0.2, -0.15) is 0 Å². The number of nitrogens with one attached hydrogen (secondary N) is 1. The molecule has 0 aliphatic heterocycles. The summed E-state index contributed by atoms with van der Waals surface area (Å²) in [6.07, 6.45) is 1.78. The van der Waals surface area contributed by atoms with Gasteiger partial charge in [-0.25, -0.2) is 0 Å². The van der Waals surface area contributed by atoms with Crippen LogP contribution >= 0.6 is 0 Å². The largest absolute Gasteiger partial charge is 0.497 e. The maximum atomic E-state index is 5.54. The number of nitrogens with zero attached hydrogens (tertiary/aromatic N) is 2. The molecule has 0 amide bonds. The SMILES string of the molecule is C=CCNCc1nnc(-c2cccc(OC)c2)o1. The lowest BCUT2D eigenvalue weighted by Crippen LogP contribution is -2.12. The first-order valence-corrected chi connectivity index (χ1v) is 5.62. The highest BCUT2D eigenvalue weighted by atomic mass is 16.5. The van der Waals surface area contributed by atoms with Crippen LogP contribution < -0.4 is 10.1 Å². The van der Waals surface area contributed by atoms with Gasteiger partial charge in [-0.15, -0.1) is 16.8 Å². The van der Waals surface area contributed by atoms with E-state index in [1.165, 1.54) is 0 Å². The maximum Gasteiger partial charge on any atom is 0.247 e. The van der Waals surface area contributed by atoms with Gasteiger partial charge in [0.25, 0.3) is 0 Å². The van der Waals surface area contributed by atoms with Gasteiger partial charge in [-0.1, -0.05) is 12.1 Å². The minimum Gasteiger partial charge on any atom is -0.497 e. The first-order valence-electron chi connectivity index (χ1n) is 5.62. The smallest absolute Gasteiger partial charge is 0.247 e. The van der Waals surface area contributed by atoms with Crippen molar-refractivity contribution >= 4 is 0 Å². The second-order valence-electron chi connectivity index (χ2n) is 3.65. The van der Waals surface area contributed by atoms with Gasteiger partial charge in [0.05, 0.1) is 13.7 Å². The number of benzene rings is 1. The molecular formula is C13H15N3O2. The highest BCUT2D eigenvalue weighted by Crippen LogP contribution is 2.22. The van der Waals surface area contributed by atoms with Crippen LogP contribution in [-0.2, 0) is 6.54 Å². The zero-order chi connectivity index (χ0) is 12.8. The van der Waals surface area contributed by atoms with Crippen molar-refractivity contribution in [1.29, 1.82) is 0 Å². The molecule has 0 aliphatic carbocycles. The van der Waals surface area contributed by atoms with Crippen molar-refractivity contribution in [2.75, 3.05) is 13.7 Å². The Labute approximate surface area is 105 Å². The zero-order valence-corrected chi connectivity index (χ0v) is 10.2. The van der Waals surface area contributed by atoms with E-state index in [1.54, 1.807) is 13.2 Å². The molecule has 1 heterocycles. The summed E-state index contributed by atoms with van der Waals surface area (Å²) < 4.78 is 10.7. The second kappa shape index (κ2) is 5.97. The van der Waals surface area contributed by atoms with E-state index in [2.05, 4.69) is 22.1 Å². The van der Waals surface area contributed by atoms with Crippen molar-refractivity contribution in [2.24, 2.45) is 0 Å². The maximum absolute atomic E-state index is 5.54. The average Bonchev–Trinajstić information content (AvgIpc) is 2.88. The summed E-state index contributed by atoms with van der Waals surface area (Å²) in [5, 5.41) is 11.1. The summed E-state index contributed by atoms with van der Waals surface area (Å²) in [7, 11) is 1.62. The molecule has 0 saturated heterocycles. The van der Waals surface area contributed by atoms with Crippen LogP contribution in [0.15, 0.2) is 41.3 Å². The van der Waals surface area contributed by atoms with E-state index in [1.807, 2.05) is 24.3 Å². The summed E-state index contributed by atoms with van der Waals surface area (Å²) >= 11 is 0. The molecule has 0 radical (unpaired) electrons. The zero-order valence-electron chi connectivity index (χ0n) is 10.2. The van der Waals surface area contributed by atoms with Crippen molar-refractivity contribution in [3.63, 3.8) is 0 Å². The van der Waals surface area contributed by atoms with Gasteiger partial charge in [0.1, 0.15) is 5.75 Å². The lowest BCUT2D eigenvalue weighted by molar-refractivity contribution is 0.414. The number of rotatable bonds is 6. The third kappa shape index (κ3) is 2.95. The highest BCUT2D eigenvalue weighted by Gasteiger charge is 2.08. The van der Waals surface area contributed by atoms with Gasteiger partial charge >= 0.3 is 0 Å². The van der Waals surface area contributed by atoms with E-state index in [0.717, 1.165) is 11.3 Å². The molecule has 94 valence electrons. The molecule has 1 aromatic heterocycles. The molecule has 1 aromatic carbocycles. The van der Waals surface area contributed by atoms with Gasteiger partial charge in [0.15, 0.2) is 0 Å². The Kier molecular flexibility index (Phi) is 4.09. The monoisotopic (exact) mass is 245 g/mol. The van der Waals surface area contributed by atoms with Crippen LogP contribution in [0.25, 0.3) is 11.5 Å². The predicted molar refractivity (Wildman–Crippen MR) is 68.2 cm³/mol. The van der Waals surface area contributed by atoms with E-state index in [0.29, 0.717) is 24.9 Å². The number of hydrogen-bond donors (Lipinski definition) is 1. The van der Waals surface area contributed by atoms with Crippen LogP contribution in [-0.4, -0.2) is 23.9 Å². The summed E-state index contributed by atoms with van der Waals surface area (Å²) in [5.41, 5.74) is 0.844. The summed E-state index contributed by atoms with van der Waals surface area (Å²) in [6, 6.07) is 7.51. The van der Waals surface area contributed by atoms with E-state index in [9.17, 15) is 0 Å². The first-order chi connectivity index (χ1) is 8.83. The molecule has 0 saturated carbocycles. The molecule has 0 aliphatic rings. The molecule has 0 atom stereocenters. The minimum absolute atomic E-state index is 0.490. The predicted octanol–water partition coefficient (Wildman–Crippen LogP) is 2.02. The van der Waals surface area contributed by atoms with E-state index < -0.39 is 0 Å². The fourth-order valence-electron chi connectivity index (χ4n) is 1.48. The van der Waals surface area contributed by atoms with Crippen LogP contribution in [0.5, 0.6) is 5.75 Å². The van der Waals surface area contributed by atoms with Crippen LogP contribution in [0.1, 0.15) is 5.89 Å². The summed E-state index contributed by atoms with van der Waals surface area (Å²) in [6.45, 7) is 4.86. The summed E-state index contributed by atoms with van der Waals surface area (Å²) in [4.78, 5) is 0. The van der Waals surface area contributed by atoms with E-state index in [-0.39, 0.29) is 0 Å². The second-order valence-corrected chi connectivity index (χ2v) is 3.65. The van der Waals surface area contributed by atoms with Crippen LogP contribution in [0.2, 0.25) is 0 Å². The fourth-order valence-corrected chi connectivity index (χ4v) is 1.48. The number of ether oxygens (including phenoxy) is 1. The Morgan fingerprint density at radius 1 is 1.44 bits per heavy atom. The minimum atomic E-state index is 0.490. The van der Waals surface area contributed by atoms with Crippen molar-refractivity contribution in [1.82, 2.24) is 15.5 Å². The van der Waals surface area contributed by atoms with Crippen molar-refractivity contribution in [3.8, 4) is 17.2 Å². The Hall–Kier alpha value is -2.14. The lowest BCUT2D eigenvalue weighted by Gasteiger charge is -2.00. The third-order valence-electron chi connectivity index (χ3n) is 2.35. The molecule has 0 spiro atoms. The molecule has 1 N–H and O–H groups in total. The molecule has 5 nitrogen and oxygen atoms in total. The third-order valence-corrected chi connectivity index (χ3v) is 2.35. The molecule has 0 fully saturated rings. The first kappa shape index (κ1) is 12.3. The quantitative estimate of drug-likeness (QED) is 0.623. The van der Waals surface area contributed by atoms with Gasteiger partial charge in [0.2, 0.25) is 11.8 Å². The Morgan fingerprint density at radius 3 is 3.11 bits per heavy atom. The fraction of sp³-hybridized carbons (Fsp3) is 0.231. The normalized spacial score (nSPS) is 10.3. The molecular weight excluding hydrogens is 230 g/mol. The molecule has 0 unspecified atom stereocenters. The van der Waals surface area contributed by atoms with E-state index in [4.69, 9.17) is 9.15 Å². The van der Waals surface area contributed by atoms with Crippen molar-refractivity contribution in [2.45, 2.75) is 6.54 Å². The average molecular weight is 245 g/mol. The Bertz CT molecular complexity index is 522. The molecule has 2 rings (SSSR count). The number of methoxy groups -OCH3 is 1. The number of hydrogen-bond acceptors (Lipinski definition) is 5. The van der Waals surface area contributed by atoms with Crippen molar-refractivity contribution < 1.29 is 9.15 Å². The van der Waals surface area contributed by atoms with Crippen molar-refractivity contribution in [3.05, 3.63) is 42.8 Å². The van der Waals surface area contributed by atoms with Gasteiger partial charge in [-0.05, 0) is 18.2 Å². The molecule has 2 aromatic rings. The van der Waals surface area contributed by atoms with Crippen LogP contribution in [0.4, 0.5) is 0 Å². The standard InChI is InChI=1S/C13H15N3O2/c1-3-7-14-9-12-15-16-13(18-12)10-5-4-6-11(8-10)17-2/h3-6,8,14H,1,7,9H2,2H3. The Balaban J connectivity index is 2.10. The van der Waals surface area contributed by atoms with Crippen LogP contribution in [0.3, 0.4) is 0 Å². The lowest BCUT2D eigenvalue weighted by atomic mass is 10.2.